The van der Waals surface area contributed by atoms with Gasteiger partial charge in [0.05, 0.1) is 11.6 Å². The number of benzene rings is 1. The quantitative estimate of drug-likeness (QED) is 0.752. The fraction of sp³-hybridized carbons (Fsp3) is 0.500. The van der Waals surface area contributed by atoms with Gasteiger partial charge in [-0.15, -0.1) is 0 Å². The number of rotatable bonds is 5. The van der Waals surface area contributed by atoms with E-state index in [2.05, 4.69) is 4.90 Å². The van der Waals surface area contributed by atoms with E-state index in [0.717, 1.165) is 31.5 Å². The van der Waals surface area contributed by atoms with Gasteiger partial charge in [-0.25, -0.2) is 8.78 Å². The van der Waals surface area contributed by atoms with Crippen molar-refractivity contribution >= 4 is 5.78 Å². The lowest BCUT2D eigenvalue weighted by molar-refractivity contribution is 0.0830. The smallest absolute Gasteiger partial charge is 0.182 e. The third-order valence-corrected chi connectivity index (χ3v) is 3.45. The zero-order chi connectivity index (χ0) is 13.3. The van der Waals surface area contributed by atoms with Gasteiger partial charge >= 0.3 is 0 Å². The van der Waals surface area contributed by atoms with Crippen LogP contribution in [0.4, 0.5) is 8.78 Å². The van der Waals surface area contributed by atoms with Crippen LogP contribution in [0.5, 0.6) is 0 Å². The van der Waals surface area contributed by atoms with Gasteiger partial charge in [0.25, 0.3) is 0 Å². The number of carbonyl (C=O) groups excluding carboxylic acids is 1. The molecular formula is C14H17F2NO. The topological polar surface area (TPSA) is 20.3 Å². The van der Waals surface area contributed by atoms with E-state index in [4.69, 9.17) is 0 Å². The predicted octanol–water partition coefficient (Wildman–Crippen LogP) is 3.02. The van der Waals surface area contributed by atoms with E-state index < -0.39 is 11.6 Å². The Bertz CT molecular complexity index is 457. The standard InChI is InChI=1S/C14H17F2NO/c1-3-17(11-5-6-11)9(2)14(18)12-7-4-10(15)8-13(12)16/h4,7-9,11H,3,5-6H2,1-2H3. The molecule has 2 nitrogen and oxygen atoms in total. The van der Waals surface area contributed by atoms with Gasteiger partial charge in [-0.3, -0.25) is 9.69 Å². The van der Waals surface area contributed by atoms with Crippen LogP contribution in [0.2, 0.25) is 0 Å². The molecule has 0 spiro atoms. The van der Waals surface area contributed by atoms with Gasteiger partial charge in [0.2, 0.25) is 0 Å². The van der Waals surface area contributed by atoms with Crippen molar-refractivity contribution in [2.24, 2.45) is 0 Å². The lowest BCUT2D eigenvalue weighted by atomic mass is 10.0. The highest BCUT2D eigenvalue weighted by atomic mass is 19.1. The van der Waals surface area contributed by atoms with Crippen LogP contribution in [0.3, 0.4) is 0 Å². The number of hydrogen-bond acceptors (Lipinski definition) is 2. The summed E-state index contributed by atoms with van der Waals surface area (Å²) in [5.74, 6) is -1.72. The Morgan fingerprint density at radius 3 is 2.61 bits per heavy atom. The van der Waals surface area contributed by atoms with Crippen molar-refractivity contribution in [1.82, 2.24) is 4.90 Å². The number of hydrogen-bond donors (Lipinski definition) is 0. The fourth-order valence-corrected chi connectivity index (χ4v) is 2.32. The van der Waals surface area contributed by atoms with Crippen LogP contribution in [0.15, 0.2) is 18.2 Å². The van der Waals surface area contributed by atoms with Crippen molar-refractivity contribution in [3.8, 4) is 0 Å². The Morgan fingerprint density at radius 1 is 1.44 bits per heavy atom. The number of ketones is 1. The van der Waals surface area contributed by atoms with E-state index in [1.165, 1.54) is 6.07 Å². The molecule has 4 heteroatoms. The molecule has 0 radical (unpaired) electrons. The van der Waals surface area contributed by atoms with Gasteiger partial charge in [0.15, 0.2) is 5.78 Å². The first-order valence-corrected chi connectivity index (χ1v) is 6.29. The molecule has 1 aliphatic carbocycles. The minimum absolute atomic E-state index is 0.0250. The molecule has 1 fully saturated rings. The van der Waals surface area contributed by atoms with E-state index in [0.29, 0.717) is 6.04 Å². The number of Topliss-reactive ketones (excluding diaryl/α,β-unsaturated/α-hetero) is 1. The molecule has 1 atom stereocenters. The summed E-state index contributed by atoms with van der Waals surface area (Å²) < 4.78 is 26.4. The van der Waals surface area contributed by atoms with Crippen LogP contribution >= 0.6 is 0 Å². The van der Waals surface area contributed by atoms with Gasteiger partial charge in [-0.2, -0.15) is 0 Å². The van der Waals surface area contributed by atoms with E-state index in [1.807, 2.05) is 6.92 Å². The summed E-state index contributed by atoms with van der Waals surface area (Å²) in [5.41, 5.74) is -0.0250. The molecule has 18 heavy (non-hydrogen) atoms. The highest BCUT2D eigenvalue weighted by molar-refractivity contribution is 6.00. The van der Waals surface area contributed by atoms with Gasteiger partial charge in [-0.1, -0.05) is 6.92 Å². The molecule has 0 saturated heterocycles. The minimum atomic E-state index is -0.779. The van der Waals surface area contributed by atoms with Crippen molar-refractivity contribution < 1.29 is 13.6 Å². The minimum Gasteiger partial charge on any atom is -0.292 e. The van der Waals surface area contributed by atoms with Gasteiger partial charge in [0, 0.05) is 12.1 Å². The fourth-order valence-electron chi connectivity index (χ4n) is 2.32. The van der Waals surface area contributed by atoms with Crippen LogP contribution < -0.4 is 0 Å². The SMILES string of the molecule is CCN(C1CC1)C(C)C(=O)c1ccc(F)cc1F. The first-order chi connectivity index (χ1) is 8.54. The van der Waals surface area contributed by atoms with E-state index >= 15 is 0 Å². The Labute approximate surface area is 106 Å². The summed E-state index contributed by atoms with van der Waals surface area (Å²) in [7, 11) is 0. The first-order valence-electron chi connectivity index (χ1n) is 6.29. The number of likely N-dealkylation sites (N-methyl/N-ethyl adjacent to an activating group) is 1. The predicted molar refractivity (Wildman–Crippen MR) is 65.6 cm³/mol. The van der Waals surface area contributed by atoms with Crippen molar-refractivity contribution in [2.75, 3.05) is 6.54 Å². The maximum Gasteiger partial charge on any atom is 0.182 e. The largest absolute Gasteiger partial charge is 0.292 e. The zero-order valence-electron chi connectivity index (χ0n) is 10.6. The van der Waals surface area contributed by atoms with Crippen LogP contribution in [0.1, 0.15) is 37.0 Å². The van der Waals surface area contributed by atoms with Crippen molar-refractivity contribution in [3.05, 3.63) is 35.4 Å². The normalized spacial score (nSPS) is 16.9. The van der Waals surface area contributed by atoms with Crippen LogP contribution in [0.25, 0.3) is 0 Å². The number of carbonyl (C=O) groups is 1. The Balaban J connectivity index is 2.19. The van der Waals surface area contributed by atoms with Crippen molar-refractivity contribution in [3.63, 3.8) is 0 Å². The van der Waals surface area contributed by atoms with Gasteiger partial charge in [-0.05, 0) is 38.4 Å². The first kappa shape index (κ1) is 13.1. The second-order valence-electron chi connectivity index (χ2n) is 4.73. The highest BCUT2D eigenvalue weighted by Gasteiger charge is 2.34. The third-order valence-electron chi connectivity index (χ3n) is 3.45. The Kier molecular flexibility index (Phi) is 3.76. The summed E-state index contributed by atoms with van der Waals surface area (Å²) in [6.45, 7) is 4.54. The summed E-state index contributed by atoms with van der Waals surface area (Å²) in [5, 5.41) is 0. The summed E-state index contributed by atoms with van der Waals surface area (Å²) in [6, 6.07) is 3.19. The van der Waals surface area contributed by atoms with Crippen LogP contribution in [-0.4, -0.2) is 29.3 Å². The molecule has 0 aliphatic heterocycles. The molecule has 1 aromatic carbocycles. The van der Waals surface area contributed by atoms with Crippen molar-refractivity contribution in [2.45, 2.75) is 38.8 Å². The monoisotopic (exact) mass is 253 g/mol. The maximum absolute atomic E-state index is 13.6. The summed E-state index contributed by atoms with van der Waals surface area (Å²) in [6.07, 6.45) is 2.19. The average Bonchev–Trinajstić information content (AvgIpc) is 3.13. The van der Waals surface area contributed by atoms with E-state index in [1.54, 1.807) is 6.92 Å². The lowest BCUT2D eigenvalue weighted by Crippen LogP contribution is -2.40. The van der Waals surface area contributed by atoms with Gasteiger partial charge < -0.3 is 0 Å². The van der Waals surface area contributed by atoms with Crippen molar-refractivity contribution in [1.29, 1.82) is 0 Å². The molecule has 0 amide bonds. The lowest BCUT2D eigenvalue weighted by Gasteiger charge is -2.26. The van der Waals surface area contributed by atoms with E-state index in [9.17, 15) is 13.6 Å². The molecule has 0 aromatic heterocycles. The van der Waals surface area contributed by atoms with Gasteiger partial charge in [0.1, 0.15) is 11.6 Å². The Morgan fingerprint density at radius 2 is 2.11 bits per heavy atom. The van der Waals surface area contributed by atoms with Crippen LogP contribution in [0, 0.1) is 11.6 Å². The Hall–Kier alpha value is -1.29. The molecular weight excluding hydrogens is 236 g/mol. The van der Waals surface area contributed by atoms with Crippen LogP contribution in [-0.2, 0) is 0 Å². The molecule has 2 rings (SSSR count). The second-order valence-corrected chi connectivity index (χ2v) is 4.73. The molecule has 1 aliphatic rings. The third kappa shape index (κ3) is 2.58. The number of halogens is 2. The molecule has 1 aromatic rings. The molecule has 0 bridgehead atoms. The second kappa shape index (κ2) is 5.14. The molecule has 98 valence electrons. The maximum atomic E-state index is 13.6. The molecule has 1 unspecified atom stereocenters. The highest BCUT2D eigenvalue weighted by Crippen LogP contribution is 2.29. The van der Waals surface area contributed by atoms with E-state index in [-0.39, 0.29) is 17.4 Å². The average molecular weight is 253 g/mol. The zero-order valence-corrected chi connectivity index (χ0v) is 10.6. The summed E-state index contributed by atoms with van der Waals surface area (Å²) in [4.78, 5) is 14.3. The molecule has 1 saturated carbocycles. The molecule has 0 N–H and O–H groups in total. The molecule has 0 heterocycles. The summed E-state index contributed by atoms with van der Waals surface area (Å²) >= 11 is 0. The number of nitrogens with zero attached hydrogens (tertiary/aromatic N) is 1.